The highest BCUT2D eigenvalue weighted by Gasteiger charge is 2.57. The van der Waals surface area contributed by atoms with E-state index in [1.807, 2.05) is 40.0 Å². The SMILES string of the molecule is CC(C)C(=O)Nc1nc2c(c(=O)[nH]1)NCN2C1OC(COSI)C2OC(C)(C)OC21. The van der Waals surface area contributed by atoms with E-state index in [9.17, 15) is 9.59 Å². The van der Waals surface area contributed by atoms with Crippen LogP contribution in [0.25, 0.3) is 0 Å². The molecule has 13 heteroatoms. The van der Waals surface area contributed by atoms with Gasteiger partial charge in [-0.1, -0.05) is 13.8 Å². The molecule has 30 heavy (non-hydrogen) atoms. The first-order chi connectivity index (χ1) is 14.2. The van der Waals surface area contributed by atoms with Crippen molar-refractivity contribution in [1.82, 2.24) is 9.97 Å². The van der Waals surface area contributed by atoms with E-state index < -0.39 is 18.1 Å². The van der Waals surface area contributed by atoms with Gasteiger partial charge in [0.05, 0.1) is 22.5 Å². The Labute approximate surface area is 189 Å². The second-order valence-electron chi connectivity index (χ2n) is 8.04. The number of carbonyl (C=O) groups excluding carboxylic acids is 1. The monoisotopic (exact) mass is 553 g/mol. The van der Waals surface area contributed by atoms with Crippen molar-refractivity contribution >= 4 is 53.8 Å². The molecule has 0 spiro atoms. The van der Waals surface area contributed by atoms with Gasteiger partial charge in [0, 0.05) is 27.1 Å². The molecular weight excluding hydrogens is 529 g/mol. The number of rotatable bonds is 6. The van der Waals surface area contributed by atoms with Crippen LogP contribution in [-0.4, -0.2) is 59.5 Å². The Hall–Kier alpha value is -1.13. The van der Waals surface area contributed by atoms with Crippen LogP contribution in [0.5, 0.6) is 0 Å². The molecule has 1 aromatic rings. The normalized spacial score (nSPS) is 29.1. The highest BCUT2D eigenvalue weighted by molar-refractivity contribution is 14.2. The van der Waals surface area contributed by atoms with E-state index in [1.54, 1.807) is 13.8 Å². The third kappa shape index (κ3) is 4.14. The molecule has 0 aliphatic carbocycles. The molecule has 11 nitrogen and oxygen atoms in total. The molecule has 4 heterocycles. The fraction of sp³-hybridized carbons (Fsp3) is 0.706. The Kier molecular flexibility index (Phi) is 6.20. The van der Waals surface area contributed by atoms with E-state index in [0.29, 0.717) is 24.8 Å². The maximum Gasteiger partial charge on any atom is 0.277 e. The number of aromatic amines is 1. The first-order valence-electron chi connectivity index (χ1n) is 9.57. The smallest absolute Gasteiger partial charge is 0.277 e. The van der Waals surface area contributed by atoms with Gasteiger partial charge in [-0.2, -0.15) is 4.98 Å². The average molecular weight is 553 g/mol. The first-order valence-corrected chi connectivity index (χ1v) is 12.9. The van der Waals surface area contributed by atoms with E-state index in [-0.39, 0.29) is 35.5 Å². The predicted octanol–water partition coefficient (Wildman–Crippen LogP) is 1.81. The highest BCUT2D eigenvalue weighted by Crippen LogP contribution is 2.42. The quantitative estimate of drug-likeness (QED) is 0.355. The molecule has 1 aromatic heterocycles. The number of halogens is 1. The lowest BCUT2D eigenvalue weighted by atomic mass is 10.1. The Bertz CT molecular complexity index is 883. The van der Waals surface area contributed by atoms with Crippen molar-refractivity contribution in [3.8, 4) is 0 Å². The molecule has 2 saturated heterocycles. The summed E-state index contributed by atoms with van der Waals surface area (Å²) in [5.41, 5.74) is -0.0559. The van der Waals surface area contributed by atoms with Crippen molar-refractivity contribution in [3.63, 3.8) is 0 Å². The zero-order valence-corrected chi connectivity index (χ0v) is 19.9. The summed E-state index contributed by atoms with van der Waals surface area (Å²) in [6.07, 6.45) is -1.59. The maximum atomic E-state index is 12.5. The van der Waals surface area contributed by atoms with Gasteiger partial charge in [-0.05, 0) is 13.8 Å². The minimum atomic E-state index is -0.763. The van der Waals surface area contributed by atoms with Gasteiger partial charge < -0.3 is 28.6 Å². The second kappa shape index (κ2) is 8.43. The maximum absolute atomic E-state index is 12.5. The minimum Gasteiger partial charge on any atom is -0.360 e. The molecule has 166 valence electrons. The molecule has 0 aromatic carbocycles. The molecule has 4 unspecified atom stereocenters. The topological polar surface area (TPSA) is 127 Å². The van der Waals surface area contributed by atoms with Gasteiger partial charge in [0.1, 0.15) is 24.0 Å². The van der Waals surface area contributed by atoms with Gasteiger partial charge in [-0.3, -0.25) is 19.9 Å². The molecule has 2 fully saturated rings. The lowest BCUT2D eigenvalue weighted by Crippen LogP contribution is -2.44. The number of amides is 1. The average Bonchev–Trinajstić information content (AvgIpc) is 3.31. The molecule has 0 bridgehead atoms. The third-order valence-corrected chi connectivity index (χ3v) is 6.06. The van der Waals surface area contributed by atoms with Crippen molar-refractivity contribution in [2.75, 3.05) is 28.8 Å². The molecule has 4 atom stereocenters. The molecule has 0 saturated carbocycles. The Morgan fingerprint density at radius 3 is 2.87 bits per heavy atom. The van der Waals surface area contributed by atoms with Crippen LogP contribution in [0.4, 0.5) is 17.5 Å². The van der Waals surface area contributed by atoms with E-state index in [4.69, 9.17) is 18.4 Å². The second-order valence-corrected chi connectivity index (χ2v) is 9.48. The Balaban J connectivity index is 1.62. The lowest BCUT2D eigenvalue weighted by molar-refractivity contribution is -0.188. The number of aromatic nitrogens is 2. The number of ether oxygens (including phenoxy) is 3. The summed E-state index contributed by atoms with van der Waals surface area (Å²) < 4.78 is 23.9. The van der Waals surface area contributed by atoms with Crippen LogP contribution < -0.4 is 21.1 Å². The molecule has 4 rings (SSSR count). The van der Waals surface area contributed by atoms with Gasteiger partial charge >= 0.3 is 0 Å². The fourth-order valence-electron chi connectivity index (χ4n) is 3.74. The van der Waals surface area contributed by atoms with E-state index in [0.717, 1.165) is 0 Å². The summed E-state index contributed by atoms with van der Waals surface area (Å²) in [5.74, 6) is -0.776. The van der Waals surface area contributed by atoms with Crippen molar-refractivity contribution in [1.29, 1.82) is 0 Å². The zero-order chi connectivity index (χ0) is 21.6. The number of carbonyl (C=O) groups is 1. The molecule has 3 aliphatic rings. The highest BCUT2D eigenvalue weighted by atomic mass is 127. The van der Waals surface area contributed by atoms with Gasteiger partial charge in [-0.15, -0.1) is 0 Å². The lowest BCUT2D eigenvalue weighted by Gasteiger charge is -2.29. The van der Waals surface area contributed by atoms with Crippen LogP contribution in [-0.2, 0) is 23.2 Å². The number of fused-ring (bicyclic) bond motifs is 2. The van der Waals surface area contributed by atoms with Crippen molar-refractivity contribution in [2.24, 2.45) is 5.92 Å². The number of nitrogens with zero attached hydrogens (tertiary/aromatic N) is 2. The van der Waals surface area contributed by atoms with Gasteiger partial charge in [0.25, 0.3) is 5.56 Å². The Morgan fingerprint density at radius 1 is 1.43 bits per heavy atom. The number of anilines is 3. The van der Waals surface area contributed by atoms with E-state index >= 15 is 0 Å². The number of H-pyrrole nitrogens is 1. The van der Waals surface area contributed by atoms with E-state index in [1.165, 1.54) is 9.21 Å². The van der Waals surface area contributed by atoms with Crippen molar-refractivity contribution < 1.29 is 23.2 Å². The summed E-state index contributed by atoms with van der Waals surface area (Å²) in [6.45, 7) is 7.86. The van der Waals surface area contributed by atoms with Gasteiger partial charge in [0.2, 0.25) is 11.9 Å². The molecule has 1 amide bonds. The van der Waals surface area contributed by atoms with Crippen LogP contribution in [0.2, 0.25) is 0 Å². The summed E-state index contributed by atoms with van der Waals surface area (Å²) in [5, 5.41) is 5.69. The zero-order valence-electron chi connectivity index (χ0n) is 16.9. The Morgan fingerprint density at radius 2 is 2.17 bits per heavy atom. The van der Waals surface area contributed by atoms with E-state index in [2.05, 4.69) is 20.6 Å². The summed E-state index contributed by atoms with van der Waals surface area (Å²) in [4.78, 5) is 33.4. The van der Waals surface area contributed by atoms with Crippen LogP contribution in [0.3, 0.4) is 0 Å². The van der Waals surface area contributed by atoms with Crippen LogP contribution in [0, 0.1) is 5.92 Å². The fourth-order valence-corrected chi connectivity index (χ4v) is 4.36. The minimum absolute atomic E-state index is 0.0887. The molecule has 3 N–H and O–H groups in total. The summed E-state index contributed by atoms with van der Waals surface area (Å²) in [6, 6.07) is 0. The third-order valence-electron chi connectivity index (χ3n) is 5.07. The summed E-state index contributed by atoms with van der Waals surface area (Å²) >= 11 is 2.05. The van der Waals surface area contributed by atoms with Crippen LogP contribution in [0.1, 0.15) is 27.7 Å². The molecule has 0 radical (unpaired) electrons. The number of nitrogens with one attached hydrogen (secondary N) is 3. The first kappa shape index (κ1) is 22.1. The van der Waals surface area contributed by atoms with Crippen molar-refractivity contribution in [2.45, 2.75) is 58.0 Å². The molecular formula is C17H24IN5O6S. The van der Waals surface area contributed by atoms with Crippen LogP contribution in [0.15, 0.2) is 4.79 Å². The molecule has 3 aliphatic heterocycles. The van der Waals surface area contributed by atoms with Gasteiger partial charge in [-0.25, -0.2) is 0 Å². The predicted molar refractivity (Wildman–Crippen MR) is 119 cm³/mol. The van der Waals surface area contributed by atoms with Crippen molar-refractivity contribution in [3.05, 3.63) is 10.4 Å². The number of hydrogen-bond acceptors (Lipinski definition) is 10. The number of hydrogen-bond donors (Lipinski definition) is 3. The van der Waals surface area contributed by atoms with Gasteiger partial charge in [0.15, 0.2) is 17.8 Å². The largest absolute Gasteiger partial charge is 0.360 e. The van der Waals surface area contributed by atoms with Crippen LogP contribution >= 0.6 is 30.4 Å². The standard InChI is InChI=1S/C17H24IN5O6S/c1-7(2)13(24)21-16-20-12-9(14(25)22-16)19-6-23(12)15-11-10(28-17(3,4)29-11)8(27-15)5-26-30-18/h7-8,10-11,15,19H,5-6H2,1-4H3,(H2,20,21,22,24,25). The summed E-state index contributed by atoms with van der Waals surface area (Å²) in [7, 11) is 1.23.